The molecule has 1 unspecified atom stereocenters. The highest BCUT2D eigenvalue weighted by Gasteiger charge is 2.12. The van der Waals surface area contributed by atoms with Gasteiger partial charge in [-0.1, -0.05) is 30.3 Å². The molecule has 3 rings (SSSR count). The van der Waals surface area contributed by atoms with E-state index in [0.29, 0.717) is 19.0 Å². The van der Waals surface area contributed by atoms with E-state index in [4.69, 9.17) is 0 Å². The van der Waals surface area contributed by atoms with Crippen molar-refractivity contribution in [2.24, 2.45) is 4.99 Å². The highest BCUT2D eigenvalue weighted by atomic mass is 32.1. The summed E-state index contributed by atoms with van der Waals surface area (Å²) in [6.45, 7) is 4.75. The van der Waals surface area contributed by atoms with Crippen molar-refractivity contribution in [3.05, 3.63) is 65.0 Å². The number of aliphatic hydroxyl groups is 1. The first kappa shape index (κ1) is 22.6. The van der Waals surface area contributed by atoms with E-state index in [0.717, 1.165) is 21.5 Å². The van der Waals surface area contributed by atoms with Crippen LogP contribution in [0.2, 0.25) is 0 Å². The number of rotatable bonds is 7. The van der Waals surface area contributed by atoms with Crippen molar-refractivity contribution in [1.82, 2.24) is 16.0 Å². The second kappa shape index (κ2) is 10.8. The highest BCUT2D eigenvalue weighted by molar-refractivity contribution is 7.19. The van der Waals surface area contributed by atoms with Gasteiger partial charge in [-0.05, 0) is 49.1 Å². The molecule has 2 amide bonds. The first-order valence-corrected chi connectivity index (χ1v) is 11.0. The summed E-state index contributed by atoms with van der Waals surface area (Å²) in [5.41, 5.74) is 1.78. The third-order valence-corrected chi connectivity index (χ3v) is 5.77. The third kappa shape index (κ3) is 6.70. The molecule has 0 aliphatic carbocycles. The average Bonchev–Trinajstić information content (AvgIpc) is 3.18. The van der Waals surface area contributed by atoms with Crippen molar-refractivity contribution in [3.8, 4) is 0 Å². The van der Waals surface area contributed by atoms with E-state index in [2.05, 4.69) is 32.3 Å². The molecule has 164 valence electrons. The van der Waals surface area contributed by atoms with E-state index in [1.54, 1.807) is 18.4 Å². The minimum absolute atomic E-state index is 0.0834. The van der Waals surface area contributed by atoms with Crippen LogP contribution in [0.5, 0.6) is 0 Å². The summed E-state index contributed by atoms with van der Waals surface area (Å²) < 4.78 is 1.17. The molecule has 0 bridgehead atoms. The number of nitrogens with one attached hydrogen (secondary N) is 4. The standard InChI is InChI=1S/C23H29N5O2S/c1-15(2)27-23(30)28-18-10-8-16(9-11-18)13-25-22(24-3)26-14-19(29)21-12-17-6-4-5-7-20(17)31-21/h4-12,15,19,29H,13-14H2,1-3H3,(H2,24,25,26)(H2,27,28,30). The van der Waals surface area contributed by atoms with Gasteiger partial charge in [0.1, 0.15) is 6.10 Å². The smallest absolute Gasteiger partial charge is 0.319 e. The van der Waals surface area contributed by atoms with Crippen molar-refractivity contribution in [2.75, 3.05) is 18.9 Å². The van der Waals surface area contributed by atoms with Crippen LogP contribution in [-0.4, -0.2) is 36.7 Å². The van der Waals surface area contributed by atoms with Gasteiger partial charge >= 0.3 is 6.03 Å². The summed E-state index contributed by atoms with van der Waals surface area (Å²) in [6, 6.07) is 17.6. The van der Waals surface area contributed by atoms with Crippen molar-refractivity contribution in [1.29, 1.82) is 0 Å². The number of urea groups is 1. The molecule has 0 spiro atoms. The number of anilines is 1. The van der Waals surface area contributed by atoms with Gasteiger partial charge in [0.25, 0.3) is 0 Å². The first-order valence-electron chi connectivity index (χ1n) is 10.2. The molecular weight excluding hydrogens is 410 g/mol. The zero-order valence-corrected chi connectivity index (χ0v) is 18.8. The van der Waals surface area contributed by atoms with Crippen LogP contribution in [0.4, 0.5) is 10.5 Å². The fourth-order valence-electron chi connectivity index (χ4n) is 3.00. The van der Waals surface area contributed by atoms with Gasteiger partial charge in [-0.15, -0.1) is 11.3 Å². The van der Waals surface area contributed by atoms with Gasteiger partial charge in [0, 0.05) is 41.4 Å². The lowest BCUT2D eigenvalue weighted by atomic mass is 10.2. The van der Waals surface area contributed by atoms with E-state index in [9.17, 15) is 9.90 Å². The average molecular weight is 440 g/mol. The van der Waals surface area contributed by atoms with Gasteiger partial charge in [0.15, 0.2) is 5.96 Å². The zero-order chi connectivity index (χ0) is 22.2. The number of hydrogen-bond acceptors (Lipinski definition) is 4. The maximum atomic E-state index is 11.8. The van der Waals surface area contributed by atoms with Gasteiger partial charge in [0.2, 0.25) is 0 Å². The van der Waals surface area contributed by atoms with Crippen LogP contribution >= 0.6 is 11.3 Å². The number of benzene rings is 2. The lowest BCUT2D eigenvalue weighted by Crippen LogP contribution is -2.38. The van der Waals surface area contributed by atoms with E-state index < -0.39 is 6.10 Å². The Labute approximate surface area is 186 Å². The second-order valence-electron chi connectivity index (χ2n) is 7.46. The monoisotopic (exact) mass is 439 g/mol. The van der Waals surface area contributed by atoms with Gasteiger partial charge in [0.05, 0.1) is 0 Å². The second-order valence-corrected chi connectivity index (χ2v) is 8.57. The molecule has 0 radical (unpaired) electrons. The molecule has 1 heterocycles. The lowest BCUT2D eigenvalue weighted by molar-refractivity contribution is 0.184. The Kier molecular flexibility index (Phi) is 7.86. The Balaban J connectivity index is 1.47. The topological polar surface area (TPSA) is 97.8 Å². The summed E-state index contributed by atoms with van der Waals surface area (Å²) in [6.07, 6.45) is -0.613. The summed E-state index contributed by atoms with van der Waals surface area (Å²) >= 11 is 1.60. The normalized spacial score (nSPS) is 12.6. The fraction of sp³-hybridized carbons (Fsp3) is 0.304. The van der Waals surface area contributed by atoms with E-state index >= 15 is 0 Å². The Morgan fingerprint density at radius 1 is 1.10 bits per heavy atom. The van der Waals surface area contributed by atoms with Crippen LogP contribution in [0.3, 0.4) is 0 Å². The number of aliphatic imine (C=N–C) groups is 1. The van der Waals surface area contributed by atoms with Crippen LogP contribution in [0.1, 0.15) is 30.4 Å². The van der Waals surface area contributed by atoms with Crippen LogP contribution in [-0.2, 0) is 6.54 Å². The number of fused-ring (bicyclic) bond motifs is 1. The third-order valence-electron chi connectivity index (χ3n) is 4.55. The molecule has 0 saturated heterocycles. The summed E-state index contributed by atoms with van der Waals surface area (Å²) in [7, 11) is 1.70. The number of carbonyl (C=O) groups excluding carboxylic acids is 1. The molecule has 1 aromatic heterocycles. The zero-order valence-electron chi connectivity index (χ0n) is 18.0. The minimum Gasteiger partial charge on any atom is -0.386 e. The number of thiophene rings is 1. The molecule has 0 saturated carbocycles. The van der Waals surface area contributed by atoms with Gasteiger partial charge < -0.3 is 26.4 Å². The van der Waals surface area contributed by atoms with Crippen molar-refractivity contribution in [2.45, 2.75) is 32.5 Å². The number of carbonyl (C=O) groups is 1. The van der Waals surface area contributed by atoms with Gasteiger partial charge in [-0.3, -0.25) is 4.99 Å². The summed E-state index contributed by atoms with van der Waals surface area (Å²) in [5, 5.41) is 23.7. The van der Waals surface area contributed by atoms with Crippen LogP contribution < -0.4 is 21.3 Å². The quantitative estimate of drug-likeness (QED) is 0.285. The first-order chi connectivity index (χ1) is 14.9. The Morgan fingerprint density at radius 2 is 1.84 bits per heavy atom. The number of amides is 2. The molecule has 2 aromatic carbocycles. The van der Waals surface area contributed by atoms with Gasteiger partial charge in [-0.25, -0.2) is 4.79 Å². The molecule has 0 aliphatic heterocycles. The largest absolute Gasteiger partial charge is 0.386 e. The summed E-state index contributed by atoms with van der Waals surface area (Å²) in [5.74, 6) is 0.610. The number of aliphatic hydroxyl groups excluding tert-OH is 1. The molecule has 1 atom stereocenters. The Hall–Kier alpha value is -3.10. The molecular formula is C23H29N5O2S. The van der Waals surface area contributed by atoms with Gasteiger partial charge in [-0.2, -0.15) is 0 Å². The summed E-state index contributed by atoms with van der Waals surface area (Å²) in [4.78, 5) is 16.9. The molecule has 5 N–H and O–H groups in total. The fourth-order valence-corrected chi connectivity index (χ4v) is 4.05. The maximum absolute atomic E-state index is 11.8. The van der Waals surface area contributed by atoms with Crippen LogP contribution in [0, 0.1) is 0 Å². The van der Waals surface area contributed by atoms with E-state index in [1.807, 2.05) is 62.4 Å². The lowest BCUT2D eigenvalue weighted by Gasteiger charge is -2.15. The predicted octanol–water partition coefficient (Wildman–Crippen LogP) is 3.83. The Bertz CT molecular complexity index is 997. The molecule has 0 fully saturated rings. The molecule has 31 heavy (non-hydrogen) atoms. The van der Waals surface area contributed by atoms with Crippen molar-refractivity contribution < 1.29 is 9.90 Å². The maximum Gasteiger partial charge on any atom is 0.319 e. The molecule has 7 nitrogen and oxygen atoms in total. The molecule has 3 aromatic rings. The Morgan fingerprint density at radius 3 is 2.52 bits per heavy atom. The number of guanidine groups is 1. The highest BCUT2D eigenvalue weighted by Crippen LogP contribution is 2.29. The van der Waals surface area contributed by atoms with E-state index in [1.165, 1.54) is 4.70 Å². The number of nitrogens with zero attached hydrogens (tertiary/aromatic N) is 1. The van der Waals surface area contributed by atoms with Crippen LogP contribution in [0.25, 0.3) is 10.1 Å². The van der Waals surface area contributed by atoms with Crippen molar-refractivity contribution in [3.63, 3.8) is 0 Å². The minimum atomic E-state index is -0.613. The van der Waals surface area contributed by atoms with E-state index in [-0.39, 0.29) is 12.1 Å². The molecule has 8 heteroatoms. The SMILES string of the molecule is CN=C(NCc1ccc(NC(=O)NC(C)C)cc1)NCC(O)c1cc2ccccc2s1. The van der Waals surface area contributed by atoms with Crippen molar-refractivity contribution >= 4 is 39.1 Å². The predicted molar refractivity (Wildman–Crippen MR) is 129 cm³/mol. The number of hydrogen-bond donors (Lipinski definition) is 5. The molecule has 0 aliphatic rings. The van der Waals surface area contributed by atoms with Crippen LogP contribution in [0.15, 0.2) is 59.6 Å².